The van der Waals surface area contributed by atoms with Gasteiger partial charge in [-0.2, -0.15) is 0 Å². The number of para-hydroxylation sites is 3. The Balaban J connectivity index is 1.28. The van der Waals surface area contributed by atoms with E-state index in [0.29, 0.717) is 41.2 Å². The van der Waals surface area contributed by atoms with Crippen LogP contribution in [0.5, 0.6) is 23.0 Å². The van der Waals surface area contributed by atoms with E-state index >= 15 is 4.39 Å². The molecular weight excluding hydrogens is 585 g/mol. The quantitative estimate of drug-likeness (QED) is 0.225. The van der Waals surface area contributed by atoms with E-state index in [0.717, 1.165) is 22.6 Å². The summed E-state index contributed by atoms with van der Waals surface area (Å²) < 4.78 is 32.1. The average molecular weight is 620 g/mol. The molecule has 0 radical (unpaired) electrons. The first kappa shape index (κ1) is 29.4. The number of ether oxygens (including phenoxy) is 3. The predicted molar refractivity (Wildman–Crippen MR) is 173 cm³/mol. The van der Waals surface area contributed by atoms with Gasteiger partial charge in [-0.15, -0.1) is 0 Å². The summed E-state index contributed by atoms with van der Waals surface area (Å²) in [4.78, 5) is 29.7. The summed E-state index contributed by atoms with van der Waals surface area (Å²) in [5.74, 6) is 1.05. The van der Waals surface area contributed by atoms with Crippen molar-refractivity contribution in [2.75, 3.05) is 23.6 Å². The summed E-state index contributed by atoms with van der Waals surface area (Å²) in [5, 5.41) is 6.58. The van der Waals surface area contributed by atoms with Crippen molar-refractivity contribution in [3.63, 3.8) is 0 Å². The van der Waals surface area contributed by atoms with Crippen molar-refractivity contribution < 1.29 is 28.2 Å². The molecule has 0 bridgehead atoms. The molecule has 4 aromatic carbocycles. The molecule has 0 spiro atoms. The van der Waals surface area contributed by atoms with Gasteiger partial charge in [0, 0.05) is 24.2 Å². The van der Waals surface area contributed by atoms with Crippen LogP contribution in [0.25, 0.3) is 0 Å². The maximum absolute atomic E-state index is 15.2. The third kappa shape index (κ3) is 5.88. The van der Waals surface area contributed by atoms with Crippen molar-refractivity contribution in [3.8, 4) is 23.0 Å². The molecular formula is C37H34FN3O5. The van der Waals surface area contributed by atoms with E-state index in [2.05, 4.69) is 24.5 Å². The second kappa shape index (κ2) is 11.9. The van der Waals surface area contributed by atoms with Crippen LogP contribution in [0.1, 0.15) is 43.9 Å². The first-order valence-corrected chi connectivity index (χ1v) is 15.3. The number of carbonyl (C=O) groups excluding carboxylic acids is 2. The maximum atomic E-state index is 15.2. The summed E-state index contributed by atoms with van der Waals surface area (Å²) in [6, 6.07) is 26.2. The summed E-state index contributed by atoms with van der Waals surface area (Å²) in [6.45, 7) is 4.54. The van der Waals surface area contributed by atoms with E-state index in [1.54, 1.807) is 24.3 Å². The number of amides is 1. The van der Waals surface area contributed by atoms with Gasteiger partial charge in [0.2, 0.25) is 12.7 Å². The molecule has 3 aliphatic rings. The highest BCUT2D eigenvalue weighted by Gasteiger charge is 2.42. The van der Waals surface area contributed by atoms with Crippen molar-refractivity contribution in [1.29, 1.82) is 0 Å². The average Bonchev–Trinajstić information content (AvgIpc) is 3.46. The molecule has 1 amide bonds. The summed E-state index contributed by atoms with van der Waals surface area (Å²) >= 11 is 0. The molecule has 0 saturated heterocycles. The number of carbonyl (C=O) groups is 2. The van der Waals surface area contributed by atoms with Gasteiger partial charge in [0.15, 0.2) is 28.8 Å². The van der Waals surface area contributed by atoms with Gasteiger partial charge in [-0.05, 0) is 71.5 Å². The monoisotopic (exact) mass is 619 g/mol. The van der Waals surface area contributed by atoms with E-state index < -0.39 is 11.9 Å². The third-order valence-corrected chi connectivity index (χ3v) is 8.49. The normalized spacial score (nSPS) is 17.8. The van der Waals surface area contributed by atoms with Crippen LogP contribution in [0.4, 0.5) is 15.8 Å². The summed E-state index contributed by atoms with van der Waals surface area (Å²) in [5.41, 5.74) is 4.14. The molecule has 2 heterocycles. The zero-order valence-electron chi connectivity index (χ0n) is 25.6. The van der Waals surface area contributed by atoms with E-state index in [1.165, 1.54) is 6.07 Å². The number of hydrogen-bond acceptors (Lipinski definition) is 7. The molecule has 0 saturated carbocycles. The van der Waals surface area contributed by atoms with Crippen LogP contribution >= 0.6 is 0 Å². The highest BCUT2D eigenvalue weighted by molar-refractivity contribution is 6.02. The Morgan fingerprint density at radius 2 is 1.76 bits per heavy atom. The van der Waals surface area contributed by atoms with Crippen molar-refractivity contribution >= 4 is 23.1 Å². The van der Waals surface area contributed by atoms with Crippen LogP contribution in [-0.2, 0) is 16.1 Å². The molecule has 0 aromatic heterocycles. The zero-order chi connectivity index (χ0) is 31.8. The molecule has 9 heteroatoms. The van der Waals surface area contributed by atoms with Gasteiger partial charge in [0.05, 0.1) is 24.0 Å². The smallest absolute Gasteiger partial charge is 0.239 e. The highest BCUT2D eigenvalue weighted by atomic mass is 19.1. The molecule has 0 fully saturated rings. The molecule has 8 nitrogen and oxygen atoms in total. The minimum atomic E-state index is -0.690. The predicted octanol–water partition coefficient (Wildman–Crippen LogP) is 7.28. The number of fused-ring (bicyclic) bond motifs is 2. The second-order valence-corrected chi connectivity index (χ2v) is 12.6. The van der Waals surface area contributed by atoms with Crippen molar-refractivity contribution in [2.24, 2.45) is 5.41 Å². The van der Waals surface area contributed by atoms with Gasteiger partial charge < -0.3 is 29.7 Å². The van der Waals surface area contributed by atoms with Gasteiger partial charge in [0.1, 0.15) is 5.75 Å². The topological polar surface area (TPSA) is 89.1 Å². The lowest BCUT2D eigenvalue weighted by molar-refractivity contribution is -0.120. The SMILES string of the molecule is CC1(C)CC(=O)C2=C(C1)Nc1ccccc1N(CC(=O)NCc1ccc3c(c1)OCO3)C2c1ccc(F)c(Oc2ccccc2)c1. The van der Waals surface area contributed by atoms with Gasteiger partial charge >= 0.3 is 0 Å². The lowest BCUT2D eigenvalue weighted by Crippen LogP contribution is -2.41. The fourth-order valence-corrected chi connectivity index (χ4v) is 6.42. The van der Waals surface area contributed by atoms with Gasteiger partial charge in [-0.1, -0.05) is 56.3 Å². The number of nitrogens with one attached hydrogen (secondary N) is 2. The van der Waals surface area contributed by atoms with E-state index in [9.17, 15) is 9.59 Å². The molecule has 2 aliphatic heterocycles. The number of rotatable bonds is 7. The van der Waals surface area contributed by atoms with E-state index in [-0.39, 0.29) is 42.7 Å². The number of Topliss-reactive ketones (excluding diaryl/α,β-unsaturated/α-hetero) is 1. The second-order valence-electron chi connectivity index (χ2n) is 12.6. The highest BCUT2D eigenvalue weighted by Crippen LogP contribution is 2.48. The Hall–Kier alpha value is -5.31. The van der Waals surface area contributed by atoms with Crippen LogP contribution in [0, 0.1) is 11.2 Å². The van der Waals surface area contributed by atoms with Crippen LogP contribution < -0.4 is 29.7 Å². The van der Waals surface area contributed by atoms with Gasteiger partial charge in [0.25, 0.3) is 0 Å². The standard InChI is InChI=1S/C37H34FN3O5/c1-37(2)18-28-35(30(42)19-37)36(24-13-14-26(38)32(17-24)46-25-8-4-3-5-9-25)41(29-11-7-6-10-27(29)40-28)21-34(43)39-20-23-12-15-31-33(16-23)45-22-44-31/h3-17,36,40H,18-22H2,1-2H3,(H,39,43). The molecule has 4 aromatic rings. The maximum Gasteiger partial charge on any atom is 0.239 e. The molecule has 1 unspecified atom stereocenters. The minimum absolute atomic E-state index is 0.0165. The molecule has 1 aliphatic carbocycles. The Bertz CT molecular complexity index is 1860. The molecule has 7 rings (SSSR count). The van der Waals surface area contributed by atoms with Gasteiger partial charge in [-0.25, -0.2) is 4.39 Å². The Morgan fingerprint density at radius 3 is 2.61 bits per heavy atom. The fraction of sp³-hybridized carbons (Fsp3) is 0.243. The Morgan fingerprint density at radius 1 is 0.978 bits per heavy atom. The van der Waals surface area contributed by atoms with Crippen LogP contribution in [0.3, 0.4) is 0 Å². The number of anilines is 2. The number of halogens is 1. The fourth-order valence-electron chi connectivity index (χ4n) is 6.42. The minimum Gasteiger partial charge on any atom is -0.454 e. The van der Waals surface area contributed by atoms with Crippen molar-refractivity contribution in [2.45, 2.75) is 39.3 Å². The molecule has 46 heavy (non-hydrogen) atoms. The van der Waals surface area contributed by atoms with Crippen molar-refractivity contribution in [1.82, 2.24) is 5.32 Å². The Kier molecular flexibility index (Phi) is 7.60. The number of allylic oxidation sites excluding steroid dienone is 1. The molecule has 2 N–H and O–H groups in total. The largest absolute Gasteiger partial charge is 0.454 e. The number of nitrogens with zero attached hydrogens (tertiary/aromatic N) is 1. The number of ketones is 1. The molecule has 1 atom stereocenters. The first-order chi connectivity index (χ1) is 22.2. The third-order valence-electron chi connectivity index (χ3n) is 8.49. The zero-order valence-corrected chi connectivity index (χ0v) is 25.6. The summed E-state index contributed by atoms with van der Waals surface area (Å²) in [6.07, 6.45) is 0.983. The van der Waals surface area contributed by atoms with Crippen molar-refractivity contribution in [3.05, 3.63) is 119 Å². The van der Waals surface area contributed by atoms with Crippen LogP contribution in [0.2, 0.25) is 0 Å². The van der Waals surface area contributed by atoms with Gasteiger partial charge in [-0.3, -0.25) is 9.59 Å². The van der Waals surface area contributed by atoms with E-state index in [1.807, 2.05) is 65.6 Å². The first-order valence-electron chi connectivity index (χ1n) is 15.3. The molecule has 234 valence electrons. The Labute approximate surface area is 266 Å². The lowest BCUT2D eigenvalue weighted by atomic mass is 9.73. The van der Waals surface area contributed by atoms with Crippen LogP contribution in [0.15, 0.2) is 102 Å². The lowest BCUT2D eigenvalue weighted by Gasteiger charge is -2.38. The number of hydrogen-bond donors (Lipinski definition) is 2. The number of benzene rings is 4. The summed E-state index contributed by atoms with van der Waals surface area (Å²) in [7, 11) is 0. The van der Waals surface area contributed by atoms with E-state index in [4.69, 9.17) is 14.2 Å². The van der Waals surface area contributed by atoms with Crippen LogP contribution in [-0.4, -0.2) is 25.0 Å².